The van der Waals surface area contributed by atoms with Gasteiger partial charge in [-0.3, -0.25) is 0 Å². The number of hydrogen-bond acceptors (Lipinski definition) is 2. The fourth-order valence-corrected chi connectivity index (χ4v) is 3.07. The monoisotopic (exact) mass is 230 g/mol. The summed E-state index contributed by atoms with van der Waals surface area (Å²) in [5.74, 6) is 3.06. The molecule has 3 aliphatic rings. The Bertz CT molecular complexity index is 386. The highest BCUT2D eigenvalue weighted by Crippen LogP contribution is 2.40. The molecule has 0 radical (unpaired) electrons. The third kappa shape index (κ3) is 2.05. The standard InChI is InChI=1S/C15H22N2/c1-15(2,3)13-4-5-14(16-8-13)17-9-11-6-12(7-11)10-17/h4-5,8,11-12H,6-7,9-10H2,1-3H3. The van der Waals surface area contributed by atoms with E-state index in [0.717, 1.165) is 11.8 Å². The van der Waals surface area contributed by atoms with E-state index in [1.54, 1.807) is 0 Å². The van der Waals surface area contributed by atoms with Crippen molar-refractivity contribution >= 4 is 5.82 Å². The van der Waals surface area contributed by atoms with Crippen molar-refractivity contribution in [3.05, 3.63) is 23.9 Å². The van der Waals surface area contributed by atoms with Gasteiger partial charge in [0.2, 0.25) is 0 Å². The molecule has 3 heterocycles. The predicted octanol–water partition coefficient (Wildman–Crippen LogP) is 3.23. The lowest BCUT2D eigenvalue weighted by molar-refractivity contribution is 0.158. The number of fused-ring (bicyclic) bond motifs is 2. The van der Waals surface area contributed by atoms with E-state index in [4.69, 9.17) is 0 Å². The fraction of sp³-hybridized carbons (Fsp3) is 0.667. The van der Waals surface area contributed by atoms with Crippen LogP contribution in [0.25, 0.3) is 0 Å². The second-order valence-corrected chi connectivity index (χ2v) is 6.76. The largest absolute Gasteiger partial charge is 0.356 e. The molecule has 1 aliphatic carbocycles. The summed E-state index contributed by atoms with van der Waals surface area (Å²) < 4.78 is 0. The summed E-state index contributed by atoms with van der Waals surface area (Å²) in [6.45, 7) is 9.15. The van der Waals surface area contributed by atoms with Gasteiger partial charge in [-0.1, -0.05) is 26.8 Å². The van der Waals surface area contributed by atoms with E-state index in [0.29, 0.717) is 0 Å². The van der Waals surface area contributed by atoms with E-state index in [2.05, 4.69) is 49.0 Å². The van der Waals surface area contributed by atoms with Gasteiger partial charge in [-0.15, -0.1) is 0 Å². The van der Waals surface area contributed by atoms with Gasteiger partial charge in [-0.2, -0.15) is 0 Å². The Hall–Kier alpha value is -1.05. The molecular weight excluding hydrogens is 208 g/mol. The summed E-state index contributed by atoms with van der Waals surface area (Å²) >= 11 is 0. The molecule has 1 aromatic rings. The third-order valence-corrected chi connectivity index (χ3v) is 4.23. The van der Waals surface area contributed by atoms with Crippen molar-refractivity contribution in [2.45, 2.75) is 39.0 Å². The number of rotatable bonds is 1. The molecule has 0 N–H and O–H groups in total. The highest BCUT2D eigenvalue weighted by atomic mass is 15.2. The van der Waals surface area contributed by atoms with Crippen LogP contribution in [0.1, 0.15) is 39.2 Å². The van der Waals surface area contributed by atoms with Crippen molar-refractivity contribution in [3.63, 3.8) is 0 Å². The quantitative estimate of drug-likeness (QED) is 0.736. The molecule has 0 amide bonds. The van der Waals surface area contributed by atoms with Gasteiger partial charge in [-0.25, -0.2) is 4.98 Å². The van der Waals surface area contributed by atoms with E-state index in [1.807, 2.05) is 0 Å². The van der Waals surface area contributed by atoms with Gasteiger partial charge in [0.25, 0.3) is 0 Å². The van der Waals surface area contributed by atoms with E-state index in [1.165, 1.54) is 37.3 Å². The van der Waals surface area contributed by atoms with Crippen molar-refractivity contribution in [2.24, 2.45) is 11.8 Å². The van der Waals surface area contributed by atoms with Gasteiger partial charge in [-0.05, 0) is 41.7 Å². The number of aromatic nitrogens is 1. The summed E-state index contributed by atoms with van der Waals surface area (Å²) in [5.41, 5.74) is 1.53. The molecule has 0 aromatic carbocycles. The molecular formula is C15H22N2. The van der Waals surface area contributed by atoms with Crippen molar-refractivity contribution in [1.29, 1.82) is 0 Å². The minimum atomic E-state index is 0.204. The van der Waals surface area contributed by atoms with Crippen LogP contribution in [0.5, 0.6) is 0 Å². The Labute approximate surface area is 104 Å². The Kier molecular flexibility index (Phi) is 2.42. The van der Waals surface area contributed by atoms with E-state index in [9.17, 15) is 0 Å². The molecule has 2 saturated heterocycles. The third-order valence-electron chi connectivity index (χ3n) is 4.23. The summed E-state index contributed by atoms with van der Waals surface area (Å²) in [6.07, 6.45) is 4.96. The topological polar surface area (TPSA) is 16.1 Å². The molecule has 4 rings (SSSR count). The second-order valence-electron chi connectivity index (χ2n) is 6.76. The first-order chi connectivity index (χ1) is 8.02. The van der Waals surface area contributed by atoms with Crippen LogP contribution in [0.3, 0.4) is 0 Å². The first-order valence-corrected chi connectivity index (χ1v) is 6.74. The molecule has 3 fully saturated rings. The van der Waals surface area contributed by atoms with Crippen molar-refractivity contribution < 1.29 is 0 Å². The maximum absolute atomic E-state index is 4.65. The van der Waals surface area contributed by atoms with Crippen molar-refractivity contribution in [2.75, 3.05) is 18.0 Å². The van der Waals surface area contributed by atoms with E-state index < -0.39 is 0 Å². The number of anilines is 1. The maximum atomic E-state index is 4.65. The minimum absolute atomic E-state index is 0.204. The first-order valence-electron chi connectivity index (χ1n) is 6.74. The fourth-order valence-electron chi connectivity index (χ4n) is 3.07. The van der Waals surface area contributed by atoms with Gasteiger partial charge in [0.05, 0.1) is 0 Å². The molecule has 2 bridgehead atoms. The lowest BCUT2D eigenvalue weighted by Gasteiger charge is -2.47. The van der Waals surface area contributed by atoms with Crippen molar-refractivity contribution in [1.82, 2.24) is 4.98 Å². The zero-order chi connectivity index (χ0) is 12.0. The van der Waals surface area contributed by atoms with Gasteiger partial charge < -0.3 is 4.90 Å². The van der Waals surface area contributed by atoms with Crippen LogP contribution in [-0.2, 0) is 5.41 Å². The summed E-state index contributed by atoms with van der Waals surface area (Å²) in [4.78, 5) is 7.12. The number of piperidine rings is 2. The zero-order valence-corrected chi connectivity index (χ0v) is 11.1. The van der Waals surface area contributed by atoms with E-state index >= 15 is 0 Å². The molecule has 2 aliphatic heterocycles. The van der Waals surface area contributed by atoms with Gasteiger partial charge in [0.1, 0.15) is 5.82 Å². The van der Waals surface area contributed by atoms with Crippen LogP contribution in [0.2, 0.25) is 0 Å². The molecule has 0 atom stereocenters. The molecule has 0 spiro atoms. The lowest BCUT2D eigenvalue weighted by Crippen LogP contribution is -2.48. The van der Waals surface area contributed by atoms with Gasteiger partial charge >= 0.3 is 0 Å². The van der Waals surface area contributed by atoms with Crippen LogP contribution in [0, 0.1) is 11.8 Å². The zero-order valence-electron chi connectivity index (χ0n) is 11.1. The SMILES string of the molecule is CC(C)(C)c1ccc(N2CC3CC(C3)C2)nc1. The van der Waals surface area contributed by atoms with Crippen LogP contribution >= 0.6 is 0 Å². The summed E-state index contributed by atoms with van der Waals surface area (Å²) in [5, 5.41) is 0. The minimum Gasteiger partial charge on any atom is -0.356 e. The smallest absolute Gasteiger partial charge is 0.128 e. The summed E-state index contributed by atoms with van der Waals surface area (Å²) in [6, 6.07) is 4.44. The van der Waals surface area contributed by atoms with Crippen LogP contribution in [0.15, 0.2) is 18.3 Å². The Balaban J connectivity index is 1.76. The van der Waals surface area contributed by atoms with Crippen LogP contribution < -0.4 is 4.90 Å². The lowest BCUT2D eigenvalue weighted by atomic mass is 9.71. The molecule has 0 unspecified atom stereocenters. The normalized spacial score (nSPS) is 27.8. The summed E-state index contributed by atoms with van der Waals surface area (Å²) in [7, 11) is 0. The predicted molar refractivity (Wildman–Crippen MR) is 71.4 cm³/mol. The number of nitrogens with zero attached hydrogens (tertiary/aromatic N) is 2. The Morgan fingerprint density at radius 2 is 1.76 bits per heavy atom. The number of pyridine rings is 1. The highest BCUT2D eigenvalue weighted by Gasteiger charge is 2.37. The first kappa shape index (κ1) is 11.1. The maximum Gasteiger partial charge on any atom is 0.128 e. The molecule has 2 nitrogen and oxygen atoms in total. The average Bonchev–Trinajstić information content (AvgIpc) is 2.27. The van der Waals surface area contributed by atoms with Crippen LogP contribution in [-0.4, -0.2) is 18.1 Å². The highest BCUT2D eigenvalue weighted by molar-refractivity contribution is 5.42. The molecule has 2 heteroatoms. The van der Waals surface area contributed by atoms with Crippen molar-refractivity contribution in [3.8, 4) is 0 Å². The molecule has 1 saturated carbocycles. The van der Waals surface area contributed by atoms with Gasteiger partial charge in [0, 0.05) is 19.3 Å². The van der Waals surface area contributed by atoms with Crippen LogP contribution in [0.4, 0.5) is 5.82 Å². The Morgan fingerprint density at radius 1 is 1.12 bits per heavy atom. The molecule has 17 heavy (non-hydrogen) atoms. The molecule has 92 valence electrons. The van der Waals surface area contributed by atoms with Gasteiger partial charge in [0.15, 0.2) is 0 Å². The average molecular weight is 230 g/mol. The molecule has 1 aromatic heterocycles. The second kappa shape index (κ2) is 3.72. The Morgan fingerprint density at radius 3 is 2.24 bits per heavy atom. The number of hydrogen-bond donors (Lipinski definition) is 0. The van der Waals surface area contributed by atoms with E-state index in [-0.39, 0.29) is 5.41 Å².